The zero-order valence-corrected chi connectivity index (χ0v) is 13.5. The molecule has 8 nitrogen and oxygen atoms in total. The van der Waals surface area contributed by atoms with Gasteiger partial charge in [0.25, 0.3) is 5.22 Å². The van der Waals surface area contributed by atoms with Crippen molar-refractivity contribution in [2.45, 2.75) is 24.6 Å². The van der Waals surface area contributed by atoms with Gasteiger partial charge in [-0.25, -0.2) is 0 Å². The Kier molecular flexibility index (Phi) is 7.17. The van der Waals surface area contributed by atoms with Crippen molar-refractivity contribution in [1.29, 1.82) is 0 Å². The molecule has 2 amide bonds. The Morgan fingerprint density at radius 1 is 1.33 bits per heavy atom. The molecule has 0 saturated carbocycles. The highest BCUT2D eigenvalue weighted by Crippen LogP contribution is 2.23. The van der Waals surface area contributed by atoms with Crippen LogP contribution >= 0.6 is 11.8 Å². The van der Waals surface area contributed by atoms with Crippen LogP contribution in [0.15, 0.2) is 9.64 Å². The third kappa shape index (κ3) is 5.72. The Balaban J connectivity index is 2.44. The minimum Gasteiger partial charge on any atom is -0.414 e. The Hall–Kier alpha value is -1.61. The number of amides is 2. The van der Waals surface area contributed by atoms with E-state index in [9.17, 15) is 9.59 Å². The van der Waals surface area contributed by atoms with Gasteiger partial charge in [0.1, 0.15) is 0 Å². The second-order valence-electron chi connectivity index (χ2n) is 4.53. The van der Waals surface area contributed by atoms with E-state index in [1.54, 1.807) is 0 Å². The highest BCUT2D eigenvalue weighted by molar-refractivity contribution is 7.99. The number of likely N-dealkylation sites (N-methyl/N-ethyl adjacent to an activating group) is 1. The van der Waals surface area contributed by atoms with E-state index in [2.05, 4.69) is 20.8 Å². The molecule has 1 rings (SSSR count). The summed E-state index contributed by atoms with van der Waals surface area (Å²) in [5.74, 6) is 0.154. The van der Waals surface area contributed by atoms with E-state index >= 15 is 0 Å². The lowest BCUT2D eigenvalue weighted by Crippen LogP contribution is -2.35. The molecule has 0 aliphatic heterocycles. The minimum absolute atomic E-state index is 0.0382. The molecule has 1 aromatic rings. The second-order valence-corrected chi connectivity index (χ2v) is 5.46. The lowest BCUT2D eigenvalue weighted by Gasteiger charge is -2.18. The molecule has 0 bridgehead atoms. The van der Waals surface area contributed by atoms with E-state index in [1.165, 1.54) is 7.05 Å². The summed E-state index contributed by atoms with van der Waals surface area (Å²) in [6.07, 6.45) is 0.853. The summed E-state index contributed by atoms with van der Waals surface area (Å²) >= 11 is 1.15. The first kappa shape index (κ1) is 17.4. The van der Waals surface area contributed by atoms with Gasteiger partial charge >= 0.3 is 0 Å². The zero-order valence-electron chi connectivity index (χ0n) is 12.7. The van der Waals surface area contributed by atoms with Gasteiger partial charge in [-0.15, -0.1) is 10.2 Å². The quantitative estimate of drug-likeness (QED) is 0.653. The van der Waals surface area contributed by atoms with Gasteiger partial charge in [0.2, 0.25) is 17.7 Å². The normalized spacial score (nSPS) is 12.2. The van der Waals surface area contributed by atoms with Gasteiger partial charge in [0, 0.05) is 7.05 Å². The average molecular weight is 315 g/mol. The lowest BCUT2D eigenvalue weighted by atomic mass is 10.2. The molecule has 0 unspecified atom stereocenters. The van der Waals surface area contributed by atoms with Crippen LogP contribution in [0.25, 0.3) is 0 Å². The standard InChI is InChI=1S/C12H21N5O3S/c1-5-8(17(3)4)11-15-16-12(20-11)21-7-10(19)14-6-9(18)13-2/h8H,5-7H2,1-4H3,(H,13,18)(H,14,19)/t8-/m0/s1. The zero-order chi connectivity index (χ0) is 15.8. The van der Waals surface area contributed by atoms with Crippen LogP contribution in [0, 0.1) is 0 Å². The van der Waals surface area contributed by atoms with Crippen molar-refractivity contribution in [1.82, 2.24) is 25.7 Å². The number of hydrogen-bond acceptors (Lipinski definition) is 7. The summed E-state index contributed by atoms with van der Waals surface area (Å²) in [4.78, 5) is 24.5. The number of aromatic nitrogens is 2. The molecule has 0 aromatic carbocycles. The molecule has 0 radical (unpaired) electrons. The first-order chi connectivity index (χ1) is 9.97. The van der Waals surface area contributed by atoms with Crippen molar-refractivity contribution in [3.05, 3.63) is 5.89 Å². The first-order valence-corrected chi connectivity index (χ1v) is 7.56. The summed E-state index contributed by atoms with van der Waals surface area (Å²) < 4.78 is 5.53. The Morgan fingerprint density at radius 2 is 2.05 bits per heavy atom. The summed E-state index contributed by atoms with van der Waals surface area (Å²) in [5.41, 5.74) is 0. The van der Waals surface area contributed by atoms with Gasteiger partial charge in [0.05, 0.1) is 18.3 Å². The van der Waals surface area contributed by atoms with Crippen LogP contribution in [-0.4, -0.2) is 60.4 Å². The van der Waals surface area contributed by atoms with Crippen LogP contribution in [0.1, 0.15) is 25.3 Å². The summed E-state index contributed by atoms with van der Waals surface area (Å²) in [6, 6.07) is 0.0638. The van der Waals surface area contributed by atoms with Crippen LogP contribution in [0.4, 0.5) is 0 Å². The summed E-state index contributed by atoms with van der Waals surface area (Å²) in [7, 11) is 5.40. The van der Waals surface area contributed by atoms with Crippen molar-refractivity contribution >= 4 is 23.6 Å². The molecular weight excluding hydrogens is 294 g/mol. The van der Waals surface area contributed by atoms with Crippen molar-refractivity contribution in [2.75, 3.05) is 33.4 Å². The molecule has 0 aliphatic carbocycles. The van der Waals surface area contributed by atoms with Gasteiger partial charge in [-0.1, -0.05) is 18.7 Å². The Bertz CT molecular complexity index is 477. The number of carbonyl (C=O) groups is 2. The van der Waals surface area contributed by atoms with Crippen molar-refractivity contribution in [2.24, 2.45) is 0 Å². The second kappa shape index (κ2) is 8.63. The smallest absolute Gasteiger partial charge is 0.277 e. The molecule has 21 heavy (non-hydrogen) atoms. The maximum Gasteiger partial charge on any atom is 0.277 e. The van der Waals surface area contributed by atoms with E-state index in [-0.39, 0.29) is 30.2 Å². The molecule has 2 N–H and O–H groups in total. The van der Waals surface area contributed by atoms with E-state index in [0.717, 1.165) is 18.2 Å². The molecule has 1 aromatic heterocycles. The number of carbonyl (C=O) groups excluding carboxylic acids is 2. The maximum absolute atomic E-state index is 11.5. The molecular formula is C12H21N5O3S. The maximum atomic E-state index is 11.5. The molecule has 118 valence electrons. The SMILES string of the molecule is CC[C@@H](c1nnc(SCC(=O)NCC(=O)NC)o1)N(C)C. The number of hydrogen-bond donors (Lipinski definition) is 2. The predicted octanol–water partition coefficient (Wildman–Crippen LogP) is 0.0366. The van der Waals surface area contributed by atoms with Crippen LogP contribution in [0.3, 0.4) is 0 Å². The Labute approximate surface area is 128 Å². The van der Waals surface area contributed by atoms with E-state index in [4.69, 9.17) is 4.42 Å². The number of nitrogens with one attached hydrogen (secondary N) is 2. The third-order valence-corrected chi connectivity index (χ3v) is 3.59. The van der Waals surface area contributed by atoms with Gasteiger partial charge in [0.15, 0.2) is 0 Å². The van der Waals surface area contributed by atoms with E-state index in [1.807, 2.05) is 25.9 Å². The summed E-state index contributed by atoms with van der Waals surface area (Å²) in [6.45, 7) is 2.00. The molecule has 9 heteroatoms. The number of nitrogens with zero attached hydrogens (tertiary/aromatic N) is 3. The van der Waals surface area contributed by atoms with Gasteiger partial charge in [-0.3, -0.25) is 14.5 Å². The number of thioether (sulfide) groups is 1. The molecule has 0 spiro atoms. The fraction of sp³-hybridized carbons (Fsp3) is 0.667. The van der Waals surface area contributed by atoms with E-state index < -0.39 is 0 Å². The molecule has 1 atom stereocenters. The van der Waals surface area contributed by atoms with Crippen molar-refractivity contribution in [3.63, 3.8) is 0 Å². The Morgan fingerprint density at radius 3 is 2.62 bits per heavy atom. The number of rotatable bonds is 8. The molecule has 0 saturated heterocycles. The van der Waals surface area contributed by atoms with Gasteiger partial charge in [-0.05, 0) is 20.5 Å². The fourth-order valence-electron chi connectivity index (χ4n) is 1.62. The van der Waals surface area contributed by atoms with Crippen molar-refractivity contribution < 1.29 is 14.0 Å². The first-order valence-electron chi connectivity index (χ1n) is 6.57. The lowest BCUT2D eigenvalue weighted by molar-refractivity contribution is -0.124. The molecule has 0 aliphatic rings. The third-order valence-electron chi connectivity index (χ3n) is 2.77. The van der Waals surface area contributed by atoms with E-state index in [0.29, 0.717) is 11.1 Å². The average Bonchev–Trinajstić information content (AvgIpc) is 2.91. The van der Waals surface area contributed by atoms with Crippen LogP contribution in [0.2, 0.25) is 0 Å². The minimum atomic E-state index is -0.261. The molecule has 1 heterocycles. The topological polar surface area (TPSA) is 100 Å². The predicted molar refractivity (Wildman–Crippen MR) is 78.8 cm³/mol. The van der Waals surface area contributed by atoms with Gasteiger partial charge < -0.3 is 15.1 Å². The van der Waals surface area contributed by atoms with Gasteiger partial charge in [-0.2, -0.15) is 0 Å². The highest BCUT2D eigenvalue weighted by Gasteiger charge is 2.19. The highest BCUT2D eigenvalue weighted by atomic mass is 32.2. The monoisotopic (exact) mass is 315 g/mol. The van der Waals surface area contributed by atoms with Crippen LogP contribution in [-0.2, 0) is 9.59 Å². The summed E-state index contributed by atoms with van der Waals surface area (Å²) in [5, 5.41) is 13.2. The van der Waals surface area contributed by atoms with Crippen LogP contribution < -0.4 is 10.6 Å². The van der Waals surface area contributed by atoms with Crippen LogP contribution in [0.5, 0.6) is 0 Å². The van der Waals surface area contributed by atoms with Crippen molar-refractivity contribution in [3.8, 4) is 0 Å². The largest absolute Gasteiger partial charge is 0.414 e. The molecule has 0 fully saturated rings. The fourth-order valence-corrected chi connectivity index (χ4v) is 2.22.